The van der Waals surface area contributed by atoms with Gasteiger partial charge in [0.1, 0.15) is 0 Å². The molecule has 1 aromatic rings. The lowest BCUT2D eigenvalue weighted by molar-refractivity contribution is -0.120. The SMILES string of the molecule is CCNC(=O)CNC1CC(c2ccc(Br)cc2)C1. The fourth-order valence-electron chi connectivity index (χ4n) is 2.29. The molecule has 1 aliphatic rings. The van der Waals surface area contributed by atoms with Crippen LogP contribution in [0.3, 0.4) is 0 Å². The number of hydrogen-bond acceptors (Lipinski definition) is 2. The van der Waals surface area contributed by atoms with E-state index in [0.29, 0.717) is 25.0 Å². The Morgan fingerprint density at radius 2 is 2.00 bits per heavy atom. The maximum Gasteiger partial charge on any atom is 0.233 e. The molecule has 2 rings (SSSR count). The molecule has 0 bridgehead atoms. The summed E-state index contributed by atoms with van der Waals surface area (Å²) in [6.45, 7) is 3.07. The van der Waals surface area contributed by atoms with Crippen LogP contribution in [0.25, 0.3) is 0 Å². The number of likely N-dealkylation sites (N-methyl/N-ethyl adjacent to an activating group) is 1. The van der Waals surface area contributed by atoms with Crippen LogP contribution in [0.2, 0.25) is 0 Å². The quantitative estimate of drug-likeness (QED) is 0.877. The maximum absolute atomic E-state index is 11.3. The van der Waals surface area contributed by atoms with Crippen molar-refractivity contribution in [1.82, 2.24) is 10.6 Å². The molecule has 1 saturated carbocycles. The molecule has 3 nitrogen and oxygen atoms in total. The molecule has 0 radical (unpaired) electrons. The van der Waals surface area contributed by atoms with E-state index in [1.54, 1.807) is 0 Å². The van der Waals surface area contributed by atoms with E-state index in [2.05, 4.69) is 50.8 Å². The molecule has 1 aromatic carbocycles. The van der Waals surface area contributed by atoms with Crippen LogP contribution >= 0.6 is 15.9 Å². The standard InChI is InChI=1S/C14H19BrN2O/c1-2-16-14(18)9-17-13-7-11(8-13)10-3-5-12(15)6-4-10/h3-6,11,13,17H,2,7-9H2,1H3,(H,16,18). The number of nitrogens with one attached hydrogen (secondary N) is 2. The zero-order valence-corrected chi connectivity index (χ0v) is 12.2. The second-order valence-electron chi connectivity index (χ2n) is 4.75. The molecule has 0 saturated heterocycles. The molecule has 2 N–H and O–H groups in total. The van der Waals surface area contributed by atoms with E-state index in [4.69, 9.17) is 0 Å². The Balaban J connectivity index is 1.70. The van der Waals surface area contributed by atoms with E-state index in [0.717, 1.165) is 17.3 Å². The van der Waals surface area contributed by atoms with E-state index < -0.39 is 0 Å². The van der Waals surface area contributed by atoms with Crippen molar-refractivity contribution < 1.29 is 4.79 Å². The lowest BCUT2D eigenvalue weighted by Crippen LogP contribution is -2.44. The van der Waals surface area contributed by atoms with Gasteiger partial charge in [-0.25, -0.2) is 0 Å². The van der Waals surface area contributed by atoms with Gasteiger partial charge in [-0.3, -0.25) is 4.79 Å². The molecule has 0 aliphatic heterocycles. The molecule has 1 aliphatic carbocycles. The van der Waals surface area contributed by atoms with Gasteiger partial charge >= 0.3 is 0 Å². The van der Waals surface area contributed by atoms with Gasteiger partial charge in [0.2, 0.25) is 5.91 Å². The third-order valence-corrected chi connectivity index (χ3v) is 3.93. The predicted octanol–water partition coefficient (Wildman–Crippen LogP) is 2.42. The summed E-state index contributed by atoms with van der Waals surface area (Å²) in [6.07, 6.45) is 2.25. The Morgan fingerprint density at radius 3 is 2.61 bits per heavy atom. The van der Waals surface area contributed by atoms with Gasteiger partial charge in [-0.2, -0.15) is 0 Å². The molecule has 0 unspecified atom stereocenters. The smallest absolute Gasteiger partial charge is 0.233 e. The Morgan fingerprint density at radius 1 is 1.33 bits per heavy atom. The van der Waals surface area contributed by atoms with E-state index in [9.17, 15) is 4.79 Å². The molecular weight excluding hydrogens is 292 g/mol. The molecule has 0 atom stereocenters. The van der Waals surface area contributed by atoms with Crippen LogP contribution in [0.4, 0.5) is 0 Å². The summed E-state index contributed by atoms with van der Waals surface area (Å²) >= 11 is 3.45. The second-order valence-corrected chi connectivity index (χ2v) is 5.67. The van der Waals surface area contributed by atoms with Crippen molar-refractivity contribution >= 4 is 21.8 Å². The highest BCUT2D eigenvalue weighted by Crippen LogP contribution is 2.37. The number of hydrogen-bond donors (Lipinski definition) is 2. The Kier molecular flexibility index (Phi) is 4.78. The number of amides is 1. The third kappa shape index (κ3) is 3.56. The lowest BCUT2D eigenvalue weighted by atomic mass is 9.76. The number of rotatable bonds is 5. The minimum atomic E-state index is 0.0876. The van der Waals surface area contributed by atoms with Crippen molar-refractivity contribution in [3.05, 3.63) is 34.3 Å². The first-order valence-electron chi connectivity index (χ1n) is 6.44. The van der Waals surface area contributed by atoms with Gasteiger partial charge in [0, 0.05) is 17.1 Å². The van der Waals surface area contributed by atoms with Crippen LogP contribution in [0, 0.1) is 0 Å². The fraction of sp³-hybridized carbons (Fsp3) is 0.500. The molecule has 1 fully saturated rings. The van der Waals surface area contributed by atoms with Crippen LogP contribution in [0.1, 0.15) is 31.2 Å². The molecule has 18 heavy (non-hydrogen) atoms. The Bertz CT molecular complexity index is 399. The molecule has 0 spiro atoms. The van der Waals surface area contributed by atoms with Crippen molar-refractivity contribution in [3.63, 3.8) is 0 Å². The first-order chi connectivity index (χ1) is 8.69. The summed E-state index contributed by atoms with van der Waals surface area (Å²) in [7, 11) is 0. The summed E-state index contributed by atoms with van der Waals surface area (Å²) in [4.78, 5) is 11.3. The summed E-state index contributed by atoms with van der Waals surface area (Å²) in [6, 6.07) is 9.01. The predicted molar refractivity (Wildman–Crippen MR) is 76.6 cm³/mol. The molecule has 0 aromatic heterocycles. The van der Waals surface area contributed by atoms with Crippen LogP contribution in [0.15, 0.2) is 28.7 Å². The van der Waals surface area contributed by atoms with E-state index in [1.165, 1.54) is 5.56 Å². The van der Waals surface area contributed by atoms with Gasteiger partial charge in [0.15, 0.2) is 0 Å². The maximum atomic E-state index is 11.3. The molecule has 0 heterocycles. The van der Waals surface area contributed by atoms with Crippen LogP contribution in [-0.4, -0.2) is 25.0 Å². The van der Waals surface area contributed by atoms with Gasteiger partial charge in [-0.05, 0) is 43.4 Å². The highest BCUT2D eigenvalue weighted by atomic mass is 79.9. The van der Waals surface area contributed by atoms with Crippen molar-refractivity contribution in [2.75, 3.05) is 13.1 Å². The minimum absolute atomic E-state index is 0.0876. The summed E-state index contributed by atoms with van der Waals surface area (Å²) in [5, 5.41) is 6.09. The van der Waals surface area contributed by atoms with Crippen molar-refractivity contribution in [2.45, 2.75) is 31.7 Å². The molecule has 4 heteroatoms. The van der Waals surface area contributed by atoms with Gasteiger partial charge in [0.05, 0.1) is 6.54 Å². The topological polar surface area (TPSA) is 41.1 Å². The zero-order chi connectivity index (χ0) is 13.0. The fourth-order valence-corrected chi connectivity index (χ4v) is 2.55. The van der Waals surface area contributed by atoms with Crippen LogP contribution < -0.4 is 10.6 Å². The normalized spacial score (nSPS) is 22.3. The highest BCUT2D eigenvalue weighted by Gasteiger charge is 2.29. The number of carbonyl (C=O) groups is 1. The van der Waals surface area contributed by atoms with Crippen molar-refractivity contribution in [3.8, 4) is 0 Å². The Labute approximate surface area is 116 Å². The largest absolute Gasteiger partial charge is 0.355 e. The van der Waals surface area contributed by atoms with Crippen molar-refractivity contribution in [1.29, 1.82) is 0 Å². The average Bonchev–Trinajstić information content (AvgIpc) is 2.29. The van der Waals surface area contributed by atoms with Gasteiger partial charge in [-0.15, -0.1) is 0 Å². The number of halogens is 1. The molecule has 1 amide bonds. The van der Waals surface area contributed by atoms with Crippen LogP contribution in [-0.2, 0) is 4.79 Å². The number of carbonyl (C=O) groups excluding carboxylic acids is 1. The van der Waals surface area contributed by atoms with E-state index in [1.807, 2.05) is 6.92 Å². The summed E-state index contributed by atoms with van der Waals surface area (Å²) < 4.78 is 1.12. The Hall–Kier alpha value is -0.870. The lowest BCUT2D eigenvalue weighted by Gasteiger charge is -2.36. The van der Waals surface area contributed by atoms with Gasteiger partial charge in [-0.1, -0.05) is 28.1 Å². The number of benzene rings is 1. The van der Waals surface area contributed by atoms with Gasteiger partial charge in [0.25, 0.3) is 0 Å². The van der Waals surface area contributed by atoms with Gasteiger partial charge < -0.3 is 10.6 Å². The minimum Gasteiger partial charge on any atom is -0.355 e. The molecular formula is C14H19BrN2O. The third-order valence-electron chi connectivity index (χ3n) is 3.40. The van der Waals surface area contributed by atoms with E-state index >= 15 is 0 Å². The monoisotopic (exact) mass is 310 g/mol. The average molecular weight is 311 g/mol. The highest BCUT2D eigenvalue weighted by molar-refractivity contribution is 9.10. The second kappa shape index (κ2) is 6.34. The molecule has 98 valence electrons. The zero-order valence-electron chi connectivity index (χ0n) is 10.6. The van der Waals surface area contributed by atoms with Crippen LogP contribution in [0.5, 0.6) is 0 Å². The summed E-state index contributed by atoms with van der Waals surface area (Å²) in [5.41, 5.74) is 1.40. The first-order valence-corrected chi connectivity index (χ1v) is 7.24. The summed E-state index contributed by atoms with van der Waals surface area (Å²) in [5.74, 6) is 0.731. The first kappa shape index (κ1) is 13.6. The van der Waals surface area contributed by atoms with Crippen molar-refractivity contribution in [2.24, 2.45) is 0 Å². The van der Waals surface area contributed by atoms with E-state index in [-0.39, 0.29) is 5.91 Å².